The average molecular weight is 550 g/mol. The van der Waals surface area contributed by atoms with Gasteiger partial charge in [-0.1, -0.05) is 59.6 Å². The van der Waals surface area contributed by atoms with E-state index in [1.165, 1.54) is 7.11 Å². The highest BCUT2D eigenvalue weighted by Gasteiger charge is 2.43. The molecule has 194 valence electrons. The second-order valence-corrected chi connectivity index (χ2v) is 9.74. The lowest BCUT2D eigenvalue weighted by atomic mass is 9.79. The molecule has 0 bridgehead atoms. The largest absolute Gasteiger partial charge is 0.490 e. The van der Waals surface area contributed by atoms with Crippen molar-refractivity contribution in [2.24, 2.45) is 0 Å². The number of benzene rings is 3. The molecule has 8 heteroatoms. The number of carbonyl (C=O) groups excluding carboxylic acids is 2. The third-order valence-electron chi connectivity index (χ3n) is 6.63. The molecule has 38 heavy (non-hydrogen) atoms. The van der Waals surface area contributed by atoms with Gasteiger partial charge >= 0.3 is 5.97 Å². The van der Waals surface area contributed by atoms with E-state index in [2.05, 4.69) is 5.32 Å². The molecule has 3 aromatic rings. The van der Waals surface area contributed by atoms with Crippen LogP contribution in [0.3, 0.4) is 0 Å². The number of methoxy groups -OCH3 is 1. The monoisotopic (exact) mass is 549 g/mol. The van der Waals surface area contributed by atoms with Gasteiger partial charge in [0.25, 0.3) is 0 Å². The zero-order valence-electron chi connectivity index (χ0n) is 21.1. The van der Waals surface area contributed by atoms with Gasteiger partial charge in [0.1, 0.15) is 6.61 Å². The predicted octanol–water partition coefficient (Wildman–Crippen LogP) is 6.71. The molecule has 0 radical (unpaired) electrons. The molecule has 0 amide bonds. The Kier molecular flexibility index (Phi) is 7.19. The second-order valence-electron chi connectivity index (χ2n) is 8.93. The van der Waals surface area contributed by atoms with Gasteiger partial charge in [-0.05, 0) is 49.2 Å². The van der Waals surface area contributed by atoms with Crippen molar-refractivity contribution in [2.45, 2.75) is 26.4 Å². The quantitative estimate of drug-likeness (QED) is 0.330. The molecule has 0 unspecified atom stereocenters. The molecule has 0 fully saturated rings. The zero-order valence-corrected chi connectivity index (χ0v) is 22.6. The van der Waals surface area contributed by atoms with E-state index >= 15 is 0 Å². The number of hydrogen-bond acceptors (Lipinski definition) is 6. The van der Waals surface area contributed by atoms with Crippen molar-refractivity contribution in [3.63, 3.8) is 0 Å². The van der Waals surface area contributed by atoms with Crippen LogP contribution in [0.1, 0.15) is 46.8 Å². The molecule has 3 aromatic carbocycles. The number of ether oxygens (including phenoxy) is 3. The first-order valence-electron chi connectivity index (χ1n) is 12.1. The summed E-state index contributed by atoms with van der Waals surface area (Å²) < 4.78 is 17.1. The van der Waals surface area contributed by atoms with Crippen LogP contribution in [0.4, 0.5) is 0 Å². The van der Waals surface area contributed by atoms with E-state index in [1.807, 2.05) is 50.2 Å². The van der Waals surface area contributed by atoms with Crippen LogP contribution in [0, 0.1) is 0 Å². The van der Waals surface area contributed by atoms with Crippen molar-refractivity contribution < 1.29 is 23.8 Å². The number of allylic oxidation sites excluding steroid dienone is 2. The summed E-state index contributed by atoms with van der Waals surface area (Å²) in [7, 11) is 1.33. The van der Waals surface area contributed by atoms with Crippen LogP contribution in [-0.4, -0.2) is 25.5 Å². The molecule has 1 atom stereocenters. The number of dihydropyridines is 1. The van der Waals surface area contributed by atoms with Gasteiger partial charge in [0.05, 0.1) is 35.0 Å². The number of carbonyl (C=O) groups is 2. The van der Waals surface area contributed by atoms with Gasteiger partial charge in [0.2, 0.25) is 0 Å². The van der Waals surface area contributed by atoms with E-state index in [0.29, 0.717) is 61.8 Å². The number of hydrogen-bond donors (Lipinski definition) is 1. The summed E-state index contributed by atoms with van der Waals surface area (Å²) in [4.78, 5) is 26.6. The summed E-state index contributed by atoms with van der Waals surface area (Å²) in [5.74, 6) is -0.267. The first kappa shape index (κ1) is 25.9. The lowest BCUT2D eigenvalue weighted by Crippen LogP contribution is -2.29. The Morgan fingerprint density at radius 3 is 2.42 bits per heavy atom. The molecule has 0 spiro atoms. The van der Waals surface area contributed by atoms with Gasteiger partial charge < -0.3 is 19.5 Å². The summed E-state index contributed by atoms with van der Waals surface area (Å²) >= 11 is 12.2. The number of Topliss-reactive ketones (excluding diaryl/α,β-unsaturated/α-hetero) is 1. The lowest BCUT2D eigenvalue weighted by molar-refractivity contribution is -0.136. The van der Waals surface area contributed by atoms with Gasteiger partial charge in [-0.25, -0.2) is 4.79 Å². The third kappa shape index (κ3) is 4.55. The van der Waals surface area contributed by atoms with Gasteiger partial charge in [-0.15, -0.1) is 0 Å². The lowest BCUT2D eigenvalue weighted by Gasteiger charge is -2.29. The summed E-state index contributed by atoms with van der Waals surface area (Å²) in [5, 5.41) is 4.21. The first-order valence-corrected chi connectivity index (χ1v) is 12.9. The molecular formula is C30H25Cl2NO5. The van der Waals surface area contributed by atoms with Crippen LogP contribution in [0.2, 0.25) is 10.0 Å². The van der Waals surface area contributed by atoms with Crippen molar-refractivity contribution in [3.8, 4) is 11.5 Å². The highest BCUT2D eigenvalue weighted by Crippen LogP contribution is 2.48. The SMILES string of the molecule is CCOc1cc([C@H]2C(C(=O)OC)=C(C)NC3=C2C(=O)c2ccccc23)ccc1OCc1ccc(Cl)c(Cl)c1. The maximum Gasteiger partial charge on any atom is 0.336 e. The van der Waals surface area contributed by atoms with Crippen molar-refractivity contribution in [3.05, 3.63) is 110 Å². The number of ketones is 1. The molecule has 0 saturated carbocycles. The fraction of sp³-hybridized carbons (Fsp3) is 0.200. The van der Waals surface area contributed by atoms with Gasteiger partial charge in [0.15, 0.2) is 17.3 Å². The zero-order chi connectivity index (χ0) is 27.0. The van der Waals surface area contributed by atoms with E-state index in [9.17, 15) is 9.59 Å². The number of rotatable bonds is 7. The molecule has 0 saturated heterocycles. The highest BCUT2D eigenvalue weighted by molar-refractivity contribution is 6.42. The molecular weight excluding hydrogens is 525 g/mol. The van der Waals surface area contributed by atoms with Crippen LogP contribution in [0.15, 0.2) is 77.5 Å². The van der Waals surface area contributed by atoms with Gasteiger partial charge in [-0.2, -0.15) is 0 Å². The summed E-state index contributed by atoms with van der Waals surface area (Å²) in [5.41, 5.74) is 5.18. The van der Waals surface area contributed by atoms with Crippen molar-refractivity contribution in [2.75, 3.05) is 13.7 Å². The molecule has 2 aliphatic rings. The van der Waals surface area contributed by atoms with E-state index in [4.69, 9.17) is 37.4 Å². The van der Waals surface area contributed by atoms with Crippen molar-refractivity contribution >= 4 is 40.7 Å². The molecule has 1 N–H and O–H groups in total. The number of fused-ring (bicyclic) bond motifs is 2. The van der Waals surface area contributed by atoms with Crippen LogP contribution in [0.25, 0.3) is 5.70 Å². The van der Waals surface area contributed by atoms with Gasteiger partial charge in [-0.3, -0.25) is 4.79 Å². The average Bonchev–Trinajstić information content (AvgIpc) is 3.20. The van der Waals surface area contributed by atoms with Gasteiger partial charge in [0, 0.05) is 28.3 Å². The minimum Gasteiger partial charge on any atom is -0.490 e. The van der Waals surface area contributed by atoms with Crippen molar-refractivity contribution in [1.82, 2.24) is 5.32 Å². The minimum absolute atomic E-state index is 0.125. The maximum absolute atomic E-state index is 13.6. The molecule has 0 aromatic heterocycles. The third-order valence-corrected chi connectivity index (χ3v) is 7.37. The Labute approximate surface area is 230 Å². The van der Waals surface area contributed by atoms with Crippen LogP contribution >= 0.6 is 23.2 Å². The normalized spacial score (nSPS) is 16.1. The Morgan fingerprint density at radius 2 is 1.71 bits per heavy atom. The highest BCUT2D eigenvalue weighted by atomic mass is 35.5. The predicted molar refractivity (Wildman–Crippen MR) is 147 cm³/mol. The fourth-order valence-corrected chi connectivity index (χ4v) is 5.25. The molecule has 1 aliphatic heterocycles. The summed E-state index contributed by atoms with van der Waals surface area (Å²) in [6.45, 7) is 4.34. The standard InChI is InChI=1S/C30H25Cl2NO5/c1-4-37-24-14-18(10-12-23(24)38-15-17-9-11-21(31)22(32)13-17)26-25(30(35)36-3)16(2)33-28-19-7-5-6-8-20(19)29(34)27(26)28/h5-14,26,33H,4,15H2,1-3H3/t26-/m0/s1. The van der Waals surface area contributed by atoms with E-state index in [1.54, 1.807) is 24.3 Å². The minimum atomic E-state index is -0.651. The Morgan fingerprint density at radius 1 is 0.947 bits per heavy atom. The van der Waals surface area contributed by atoms with Crippen LogP contribution in [0.5, 0.6) is 11.5 Å². The molecule has 1 heterocycles. The first-order chi connectivity index (χ1) is 18.3. The van der Waals surface area contributed by atoms with Crippen LogP contribution in [-0.2, 0) is 16.1 Å². The molecule has 1 aliphatic carbocycles. The number of nitrogens with one attached hydrogen (secondary N) is 1. The number of halogens is 2. The molecule has 5 rings (SSSR count). The van der Waals surface area contributed by atoms with E-state index < -0.39 is 11.9 Å². The Bertz CT molecular complexity index is 1520. The maximum atomic E-state index is 13.6. The fourth-order valence-electron chi connectivity index (χ4n) is 4.93. The van der Waals surface area contributed by atoms with E-state index in [0.717, 1.165) is 11.1 Å². The molecule has 6 nitrogen and oxygen atoms in total. The van der Waals surface area contributed by atoms with Crippen molar-refractivity contribution in [1.29, 1.82) is 0 Å². The van der Waals surface area contributed by atoms with Crippen LogP contribution < -0.4 is 14.8 Å². The summed E-state index contributed by atoms with van der Waals surface area (Å²) in [6, 6.07) is 18.2. The topological polar surface area (TPSA) is 73.9 Å². The van der Waals surface area contributed by atoms with E-state index in [-0.39, 0.29) is 12.4 Å². The second kappa shape index (κ2) is 10.6. The Balaban J connectivity index is 1.56. The Hall–Kier alpha value is -3.74. The summed E-state index contributed by atoms with van der Waals surface area (Å²) in [6.07, 6.45) is 0. The smallest absolute Gasteiger partial charge is 0.336 e. The number of esters is 1.